The van der Waals surface area contributed by atoms with Crippen LogP contribution in [-0.4, -0.2) is 37.4 Å². The van der Waals surface area contributed by atoms with E-state index in [0.717, 1.165) is 33.6 Å². The van der Waals surface area contributed by atoms with E-state index in [9.17, 15) is 0 Å². The van der Waals surface area contributed by atoms with Gasteiger partial charge < -0.3 is 5.43 Å². The highest BCUT2D eigenvalue weighted by Gasteiger charge is 2.30. The highest BCUT2D eigenvalue weighted by Crippen LogP contribution is 2.33. The van der Waals surface area contributed by atoms with Crippen LogP contribution in [0.2, 0.25) is 10.0 Å². The summed E-state index contributed by atoms with van der Waals surface area (Å²) in [7, 11) is 0. The minimum atomic E-state index is 0.255. The molecule has 0 bridgehead atoms. The zero-order chi connectivity index (χ0) is 18.4. The van der Waals surface area contributed by atoms with Crippen LogP contribution in [0.4, 0.5) is 0 Å². The Labute approximate surface area is 165 Å². The van der Waals surface area contributed by atoms with Crippen molar-refractivity contribution in [1.29, 1.82) is 0 Å². The maximum atomic E-state index is 6.30. The molecule has 9 heteroatoms. The maximum Gasteiger partial charge on any atom is 0.234 e. The third-order valence-corrected chi connectivity index (χ3v) is 6.26. The zero-order valence-corrected chi connectivity index (χ0v) is 17.0. The Balaban J connectivity index is 1.71. The van der Waals surface area contributed by atoms with Gasteiger partial charge in [-0.25, -0.2) is 5.01 Å². The standard InChI is InChI=1S/C17H18Cl2N6S/c1-4-24-10(3)15(9(2)22-24)16-23-25-14(20-21-17(25)26-16)8-11-12(18)6-5-7-13(11)19/h5-7,10,22H,4,8H2,1-3H3. The maximum absolute atomic E-state index is 6.30. The van der Waals surface area contributed by atoms with Crippen LogP contribution in [0.5, 0.6) is 0 Å². The van der Waals surface area contributed by atoms with Crippen LogP contribution in [0.3, 0.4) is 0 Å². The molecule has 0 radical (unpaired) electrons. The van der Waals surface area contributed by atoms with Gasteiger partial charge in [-0.05, 0) is 31.5 Å². The Morgan fingerprint density at radius 2 is 1.96 bits per heavy atom. The lowest BCUT2D eigenvalue weighted by atomic mass is 10.1. The summed E-state index contributed by atoms with van der Waals surface area (Å²) in [6.45, 7) is 7.30. The lowest BCUT2D eigenvalue weighted by Crippen LogP contribution is -2.36. The predicted molar refractivity (Wildman–Crippen MR) is 105 cm³/mol. The van der Waals surface area contributed by atoms with E-state index in [1.54, 1.807) is 15.9 Å². The second-order valence-corrected chi connectivity index (χ2v) is 7.98. The van der Waals surface area contributed by atoms with E-state index in [1.165, 1.54) is 5.57 Å². The molecule has 3 aromatic rings. The van der Waals surface area contributed by atoms with Crippen molar-refractivity contribution >= 4 is 45.1 Å². The highest BCUT2D eigenvalue weighted by atomic mass is 35.5. The molecule has 0 aliphatic carbocycles. The first-order chi connectivity index (χ1) is 12.5. The molecule has 1 N–H and O–H groups in total. The van der Waals surface area contributed by atoms with Crippen LogP contribution in [0.25, 0.3) is 10.5 Å². The van der Waals surface area contributed by atoms with Gasteiger partial charge >= 0.3 is 0 Å². The number of allylic oxidation sites excluding steroid dienone is 1. The van der Waals surface area contributed by atoms with Crippen molar-refractivity contribution in [2.45, 2.75) is 33.2 Å². The summed E-state index contributed by atoms with van der Waals surface area (Å²) < 4.78 is 1.79. The molecular weight excluding hydrogens is 391 g/mol. The zero-order valence-electron chi connectivity index (χ0n) is 14.6. The van der Waals surface area contributed by atoms with E-state index in [1.807, 2.05) is 18.2 Å². The van der Waals surface area contributed by atoms with Crippen molar-refractivity contribution in [3.8, 4) is 0 Å². The fraction of sp³-hybridized carbons (Fsp3) is 0.353. The molecule has 4 rings (SSSR count). The van der Waals surface area contributed by atoms with Crippen LogP contribution < -0.4 is 5.43 Å². The molecule has 136 valence electrons. The van der Waals surface area contributed by atoms with Crippen molar-refractivity contribution in [3.05, 3.63) is 50.3 Å². The van der Waals surface area contributed by atoms with Crippen LogP contribution in [0, 0.1) is 0 Å². The van der Waals surface area contributed by atoms with Crippen LogP contribution in [0.1, 0.15) is 37.2 Å². The highest BCUT2D eigenvalue weighted by molar-refractivity contribution is 7.17. The van der Waals surface area contributed by atoms with E-state index in [0.29, 0.717) is 16.5 Å². The molecular formula is C17H18Cl2N6S. The minimum Gasteiger partial charge on any atom is -0.322 e. The molecule has 0 saturated heterocycles. The molecule has 2 aromatic heterocycles. The first kappa shape index (κ1) is 17.7. The van der Waals surface area contributed by atoms with E-state index in [-0.39, 0.29) is 6.04 Å². The molecule has 3 heterocycles. The fourth-order valence-electron chi connectivity index (χ4n) is 3.27. The number of fused-ring (bicyclic) bond motifs is 1. The largest absolute Gasteiger partial charge is 0.322 e. The predicted octanol–water partition coefficient (Wildman–Crippen LogP) is 4.04. The number of halogens is 2. The Morgan fingerprint density at radius 1 is 1.23 bits per heavy atom. The lowest BCUT2D eigenvalue weighted by Gasteiger charge is -2.20. The third-order valence-electron chi connectivity index (χ3n) is 4.62. The van der Waals surface area contributed by atoms with Gasteiger partial charge in [-0.15, -0.1) is 10.2 Å². The van der Waals surface area contributed by atoms with Gasteiger partial charge in [0, 0.05) is 34.3 Å². The van der Waals surface area contributed by atoms with Crippen molar-refractivity contribution in [3.63, 3.8) is 0 Å². The van der Waals surface area contributed by atoms with Crippen molar-refractivity contribution in [2.75, 3.05) is 6.54 Å². The number of hydrogen-bond donors (Lipinski definition) is 1. The molecule has 0 amide bonds. The molecule has 0 saturated carbocycles. The van der Waals surface area contributed by atoms with Crippen molar-refractivity contribution < 1.29 is 0 Å². The molecule has 6 nitrogen and oxygen atoms in total. The van der Waals surface area contributed by atoms with Gasteiger partial charge in [-0.1, -0.05) is 47.5 Å². The molecule has 26 heavy (non-hydrogen) atoms. The number of benzene rings is 1. The van der Waals surface area contributed by atoms with Crippen LogP contribution in [0.15, 0.2) is 23.9 Å². The number of aromatic nitrogens is 4. The molecule has 0 spiro atoms. The summed E-state index contributed by atoms with van der Waals surface area (Å²) in [5.74, 6) is 0.724. The Bertz CT molecular complexity index is 988. The number of likely N-dealkylation sites (N-methyl/N-ethyl adjacent to an activating group) is 1. The molecule has 1 atom stereocenters. The molecule has 0 fully saturated rings. The number of nitrogens with one attached hydrogen (secondary N) is 1. The lowest BCUT2D eigenvalue weighted by molar-refractivity contribution is 0.221. The van der Waals surface area contributed by atoms with E-state index >= 15 is 0 Å². The summed E-state index contributed by atoms with van der Waals surface area (Å²) >= 11 is 14.1. The molecule has 1 aliphatic heterocycles. The third kappa shape index (κ3) is 2.89. The number of nitrogens with zero attached hydrogens (tertiary/aromatic N) is 5. The fourth-order valence-corrected chi connectivity index (χ4v) is 4.84. The summed E-state index contributed by atoms with van der Waals surface area (Å²) in [5, 5.41) is 17.7. The summed E-state index contributed by atoms with van der Waals surface area (Å²) in [4.78, 5) is 0.764. The second kappa shape index (κ2) is 6.81. The van der Waals surface area contributed by atoms with Gasteiger partial charge in [0.25, 0.3) is 0 Å². The first-order valence-electron chi connectivity index (χ1n) is 8.38. The Morgan fingerprint density at radius 3 is 2.62 bits per heavy atom. The van der Waals surface area contributed by atoms with Gasteiger partial charge in [0.15, 0.2) is 5.82 Å². The van der Waals surface area contributed by atoms with E-state index < -0.39 is 0 Å². The molecule has 1 aliphatic rings. The first-order valence-corrected chi connectivity index (χ1v) is 9.95. The van der Waals surface area contributed by atoms with Crippen LogP contribution in [-0.2, 0) is 6.42 Å². The number of rotatable bonds is 4. The second-order valence-electron chi connectivity index (χ2n) is 6.21. The van der Waals surface area contributed by atoms with E-state index in [2.05, 4.69) is 41.4 Å². The summed E-state index contributed by atoms with van der Waals surface area (Å²) in [6, 6.07) is 5.74. The number of hydrogen-bond acceptors (Lipinski definition) is 6. The van der Waals surface area contributed by atoms with Gasteiger partial charge in [-0.2, -0.15) is 9.61 Å². The van der Waals surface area contributed by atoms with Gasteiger partial charge in [-0.3, -0.25) is 0 Å². The van der Waals surface area contributed by atoms with Crippen LogP contribution >= 0.6 is 34.5 Å². The van der Waals surface area contributed by atoms with Gasteiger partial charge in [0.2, 0.25) is 4.96 Å². The average Bonchev–Trinajstić information content (AvgIpc) is 3.24. The topological polar surface area (TPSA) is 58.4 Å². The summed E-state index contributed by atoms with van der Waals surface area (Å²) in [5.41, 5.74) is 6.57. The SMILES string of the molecule is CCN1NC(C)=C(c2nn3c(Cc4c(Cl)cccc4Cl)nnc3s2)C1C. The monoisotopic (exact) mass is 408 g/mol. The average molecular weight is 409 g/mol. The smallest absolute Gasteiger partial charge is 0.234 e. The quantitative estimate of drug-likeness (QED) is 0.705. The van der Waals surface area contributed by atoms with Crippen molar-refractivity contribution in [2.24, 2.45) is 0 Å². The Hall–Kier alpha value is -1.67. The van der Waals surface area contributed by atoms with Gasteiger partial charge in [0.1, 0.15) is 5.01 Å². The summed E-state index contributed by atoms with van der Waals surface area (Å²) in [6.07, 6.45) is 0.482. The van der Waals surface area contributed by atoms with Crippen molar-refractivity contribution in [1.82, 2.24) is 30.2 Å². The van der Waals surface area contributed by atoms with Gasteiger partial charge in [0.05, 0.1) is 6.04 Å². The normalized spacial score (nSPS) is 18.1. The van der Waals surface area contributed by atoms with E-state index in [4.69, 9.17) is 28.3 Å². The molecule has 1 unspecified atom stereocenters. The number of hydrazine groups is 1. The molecule has 1 aromatic carbocycles. The Kier molecular flexibility index (Phi) is 4.64. The minimum absolute atomic E-state index is 0.255.